The molecule has 0 saturated carbocycles. The van der Waals surface area contributed by atoms with Gasteiger partial charge in [-0.25, -0.2) is 9.78 Å². The van der Waals surface area contributed by atoms with Crippen molar-refractivity contribution in [3.05, 3.63) is 15.6 Å². The molecule has 1 heterocycles. The Morgan fingerprint density at radius 3 is 2.55 bits per heavy atom. The van der Waals surface area contributed by atoms with Crippen molar-refractivity contribution in [1.29, 1.82) is 0 Å². The lowest BCUT2D eigenvalue weighted by atomic mass is 10.2. The van der Waals surface area contributed by atoms with E-state index in [0.29, 0.717) is 6.54 Å². The number of thiazole rings is 1. The maximum absolute atomic E-state index is 11.5. The molecule has 20 heavy (non-hydrogen) atoms. The Hall–Kier alpha value is -1.14. The largest absolute Gasteiger partial charge is 0.444 e. The Kier molecular flexibility index (Phi) is 5.95. The van der Waals surface area contributed by atoms with Gasteiger partial charge in [0.15, 0.2) is 0 Å². The third-order valence-electron chi connectivity index (χ3n) is 2.56. The normalized spacial score (nSPS) is 13.1. The molecule has 1 aromatic heterocycles. The Bertz CT molecular complexity index is 452. The molecule has 0 radical (unpaired) electrons. The summed E-state index contributed by atoms with van der Waals surface area (Å²) < 4.78 is 5.19. The van der Waals surface area contributed by atoms with Gasteiger partial charge in [-0.2, -0.15) is 0 Å². The lowest BCUT2D eigenvalue weighted by Crippen LogP contribution is -2.40. The minimum Gasteiger partial charge on any atom is -0.444 e. The van der Waals surface area contributed by atoms with E-state index in [4.69, 9.17) is 4.74 Å². The summed E-state index contributed by atoms with van der Waals surface area (Å²) in [6.07, 6.45) is -0.379. The topological polar surface area (TPSA) is 63.2 Å². The molecule has 0 spiro atoms. The number of carbonyl (C=O) groups excluding carboxylic acids is 1. The van der Waals surface area contributed by atoms with Gasteiger partial charge in [-0.3, -0.25) is 0 Å². The Labute approximate surface area is 125 Å². The van der Waals surface area contributed by atoms with Crippen LogP contribution in [-0.4, -0.2) is 29.3 Å². The number of alkyl carbamates (subject to hydrolysis) is 1. The predicted octanol–water partition coefficient (Wildman–Crippen LogP) is 2.76. The molecule has 0 saturated heterocycles. The van der Waals surface area contributed by atoms with Gasteiger partial charge >= 0.3 is 6.09 Å². The molecular formula is C14H25N3O2S. The van der Waals surface area contributed by atoms with E-state index in [1.165, 1.54) is 4.88 Å². The lowest BCUT2D eigenvalue weighted by Gasteiger charge is -2.21. The standard InChI is InChI=1S/C14H25N3O2S/c1-9(7-16-13(18)19-14(4,5)6)15-8-12-10(2)17-11(3)20-12/h9,15H,7-8H2,1-6H3,(H,16,18). The zero-order valence-electron chi connectivity index (χ0n) is 13.2. The molecule has 1 unspecified atom stereocenters. The number of nitrogens with one attached hydrogen (secondary N) is 2. The van der Waals surface area contributed by atoms with Crippen molar-refractivity contribution in [3.8, 4) is 0 Å². The fraction of sp³-hybridized carbons (Fsp3) is 0.714. The number of amides is 1. The molecule has 1 amide bonds. The first-order valence-electron chi connectivity index (χ1n) is 6.80. The molecule has 0 aliphatic carbocycles. The second kappa shape index (κ2) is 7.04. The van der Waals surface area contributed by atoms with Gasteiger partial charge in [-0.15, -0.1) is 11.3 Å². The van der Waals surface area contributed by atoms with Crippen LogP contribution in [0.2, 0.25) is 0 Å². The number of aromatic nitrogens is 1. The van der Waals surface area contributed by atoms with Gasteiger partial charge in [0.05, 0.1) is 10.7 Å². The van der Waals surface area contributed by atoms with Crippen molar-refractivity contribution in [1.82, 2.24) is 15.6 Å². The number of rotatable bonds is 5. The number of hydrogen-bond donors (Lipinski definition) is 2. The van der Waals surface area contributed by atoms with E-state index in [0.717, 1.165) is 17.2 Å². The number of aryl methyl sites for hydroxylation is 2. The second-order valence-corrected chi connectivity index (χ2v) is 7.19. The van der Waals surface area contributed by atoms with Crippen molar-refractivity contribution in [3.63, 3.8) is 0 Å². The van der Waals surface area contributed by atoms with Crippen LogP contribution in [0.3, 0.4) is 0 Å². The van der Waals surface area contributed by atoms with Crippen LogP contribution in [0.5, 0.6) is 0 Å². The second-order valence-electron chi connectivity index (χ2n) is 5.91. The van der Waals surface area contributed by atoms with Crippen LogP contribution in [0.25, 0.3) is 0 Å². The van der Waals surface area contributed by atoms with Crippen molar-refractivity contribution < 1.29 is 9.53 Å². The quantitative estimate of drug-likeness (QED) is 0.877. The fourth-order valence-corrected chi connectivity index (χ4v) is 2.52. The molecule has 1 atom stereocenters. The predicted molar refractivity (Wildman–Crippen MR) is 82.1 cm³/mol. The SMILES string of the molecule is Cc1nc(C)c(CNC(C)CNC(=O)OC(C)(C)C)s1. The average molecular weight is 299 g/mol. The van der Waals surface area contributed by atoms with E-state index in [9.17, 15) is 4.79 Å². The summed E-state index contributed by atoms with van der Waals surface area (Å²) in [6, 6.07) is 0.171. The fourth-order valence-electron chi connectivity index (χ4n) is 1.63. The molecule has 0 aliphatic heterocycles. The third-order valence-corrected chi connectivity index (χ3v) is 3.63. The molecule has 1 aromatic rings. The summed E-state index contributed by atoms with van der Waals surface area (Å²) in [5.41, 5.74) is 0.616. The molecule has 5 nitrogen and oxygen atoms in total. The van der Waals surface area contributed by atoms with Crippen LogP contribution in [0.15, 0.2) is 0 Å². The van der Waals surface area contributed by atoms with Crippen molar-refractivity contribution in [2.24, 2.45) is 0 Å². The zero-order valence-corrected chi connectivity index (χ0v) is 14.0. The number of hydrogen-bond acceptors (Lipinski definition) is 5. The summed E-state index contributed by atoms with van der Waals surface area (Å²) >= 11 is 1.70. The van der Waals surface area contributed by atoms with Crippen molar-refractivity contribution in [2.75, 3.05) is 6.54 Å². The van der Waals surface area contributed by atoms with Crippen LogP contribution in [0.4, 0.5) is 4.79 Å². The van der Waals surface area contributed by atoms with Gasteiger partial charge in [0, 0.05) is 24.0 Å². The first kappa shape index (κ1) is 16.9. The van der Waals surface area contributed by atoms with Gasteiger partial charge < -0.3 is 15.4 Å². The average Bonchev–Trinajstić information content (AvgIpc) is 2.60. The first-order chi connectivity index (χ1) is 9.17. The molecule has 0 aromatic carbocycles. The molecule has 0 bridgehead atoms. The highest BCUT2D eigenvalue weighted by Crippen LogP contribution is 2.16. The van der Waals surface area contributed by atoms with E-state index in [-0.39, 0.29) is 12.1 Å². The molecular weight excluding hydrogens is 274 g/mol. The van der Waals surface area contributed by atoms with Gasteiger partial charge in [-0.05, 0) is 41.5 Å². The maximum Gasteiger partial charge on any atom is 0.407 e. The molecule has 6 heteroatoms. The minimum absolute atomic E-state index is 0.171. The van der Waals surface area contributed by atoms with Gasteiger partial charge in [0.25, 0.3) is 0 Å². The van der Waals surface area contributed by atoms with E-state index in [1.54, 1.807) is 11.3 Å². The highest BCUT2D eigenvalue weighted by atomic mass is 32.1. The van der Waals surface area contributed by atoms with Crippen LogP contribution in [0, 0.1) is 13.8 Å². The summed E-state index contributed by atoms with van der Waals surface area (Å²) in [4.78, 5) is 17.2. The number of nitrogens with zero attached hydrogens (tertiary/aromatic N) is 1. The van der Waals surface area contributed by atoms with Crippen LogP contribution in [0.1, 0.15) is 43.3 Å². The lowest BCUT2D eigenvalue weighted by molar-refractivity contribution is 0.0523. The molecule has 1 rings (SSSR count). The van der Waals surface area contributed by atoms with E-state index < -0.39 is 5.60 Å². The molecule has 2 N–H and O–H groups in total. The Morgan fingerprint density at radius 2 is 2.05 bits per heavy atom. The molecule has 114 valence electrons. The van der Waals surface area contributed by atoms with Gasteiger partial charge in [-0.1, -0.05) is 0 Å². The van der Waals surface area contributed by atoms with E-state index in [2.05, 4.69) is 15.6 Å². The van der Waals surface area contributed by atoms with E-state index in [1.807, 2.05) is 41.5 Å². The summed E-state index contributed by atoms with van der Waals surface area (Å²) in [7, 11) is 0. The van der Waals surface area contributed by atoms with Crippen LogP contribution >= 0.6 is 11.3 Å². The number of carbonyl (C=O) groups is 1. The number of ether oxygens (including phenoxy) is 1. The highest BCUT2D eigenvalue weighted by molar-refractivity contribution is 7.11. The molecule has 0 fully saturated rings. The van der Waals surface area contributed by atoms with Crippen molar-refractivity contribution in [2.45, 2.75) is 59.7 Å². The zero-order chi connectivity index (χ0) is 15.3. The first-order valence-corrected chi connectivity index (χ1v) is 7.62. The summed E-state index contributed by atoms with van der Waals surface area (Å²) in [5.74, 6) is 0. The highest BCUT2D eigenvalue weighted by Gasteiger charge is 2.16. The minimum atomic E-state index is -0.460. The summed E-state index contributed by atoms with van der Waals surface area (Å²) in [5, 5.41) is 7.21. The monoisotopic (exact) mass is 299 g/mol. The Morgan fingerprint density at radius 1 is 1.40 bits per heavy atom. The smallest absolute Gasteiger partial charge is 0.407 e. The van der Waals surface area contributed by atoms with Crippen LogP contribution < -0.4 is 10.6 Å². The third kappa shape index (κ3) is 6.34. The molecule has 0 aliphatic rings. The maximum atomic E-state index is 11.5. The Balaban J connectivity index is 2.29. The van der Waals surface area contributed by atoms with E-state index >= 15 is 0 Å². The van der Waals surface area contributed by atoms with Crippen LogP contribution in [-0.2, 0) is 11.3 Å². The summed E-state index contributed by atoms with van der Waals surface area (Å²) in [6.45, 7) is 12.9. The van der Waals surface area contributed by atoms with Gasteiger partial charge in [0.1, 0.15) is 5.60 Å². The van der Waals surface area contributed by atoms with Gasteiger partial charge in [0.2, 0.25) is 0 Å². The van der Waals surface area contributed by atoms with Crippen molar-refractivity contribution >= 4 is 17.4 Å².